The molecule has 1 aliphatic carbocycles. The lowest BCUT2D eigenvalue weighted by Gasteiger charge is -2.38. The molecule has 1 aliphatic rings. The van der Waals surface area contributed by atoms with Crippen molar-refractivity contribution < 1.29 is 9.90 Å². The van der Waals surface area contributed by atoms with E-state index in [2.05, 4.69) is 25.7 Å². The first-order valence-electron chi connectivity index (χ1n) is 5.92. The maximum absolute atomic E-state index is 10.9. The van der Waals surface area contributed by atoms with Crippen LogP contribution in [0, 0.1) is 17.3 Å². The molecule has 0 bridgehead atoms. The van der Waals surface area contributed by atoms with Crippen molar-refractivity contribution in [2.75, 3.05) is 20.1 Å². The Morgan fingerprint density at radius 3 is 2.44 bits per heavy atom. The van der Waals surface area contributed by atoms with E-state index in [9.17, 15) is 4.79 Å². The number of nitrogens with zero attached hydrogens (tertiary/aromatic N) is 1. The van der Waals surface area contributed by atoms with E-state index in [1.54, 1.807) is 0 Å². The molecule has 0 spiro atoms. The first kappa shape index (κ1) is 13.5. The van der Waals surface area contributed by atoms with Crippen LogP contribution in [0.15, 0.2) is 0 Å². The van der Waals surface area contributed by atoms with Gasteiger partial charge in [0.1, 0.15) is 0 Å². The number of likely N-dealkylation sites (N-methyl/N-ethyl adjacent to an activating group) is 1. The van der Waals surface area contributed by atoms with Crippen LogP contribution in [0.5, 0.6) is 0 Å². The van der Waals surface area contributed by atoms with E-state index >= 15 is 0 Å². The van der Waals surface area contributed by atoms with Gasteiger partial charge in [-0.05, 0) is 24.8 Å². The molecule has 4 heteroatoms. The van der Waals surface area contributed by atoms with Crippen molar-refractivity contribution in [3.63, 3.8) is 0 Å². The molecule has 0 heterocycles. The highest BCUT2D eigenvalue weighted by molar-refractivity contribution is 5.73. The van der Waals surface area contributed by atoms with Crippen LogP contribution in [0.1, 0.15) is 27.2 Å². The van der Waals surface area contributed by atoms with E-state index in [4.69, 9.17) is 10.8 Å². The van der Waals surface area contributed by atoms with Crippen molar-refractivity contribution in [1.29, 1.82) is 0 Å². The molecule has 16 heavy (non-hydrogen) atoms. The average molecular weight is 228 g/mol. The normalized spacial score (nSPS) is 26.9. The number of carboxylic acids is 1. The van der Waals surface area contributed by atoms with Gasteiger partial charge in [-0.15, -0.1) is 0 Å². The summed E-state index contributed by atoms with van der Waals surface area (Å²) < 4.78 is 0. The van der Waals surface area contributed by atoms with Gasteiger partial charge in [0, 0.05) is 19.1 Å². The minimum absolute atomic E-state index is 0.0960. The fourth-order valence-corrected chi connectivity index (χ4v) is 2.82. The Morgan fingerprint density at radius 2 is 2.12 bits per heavy atom. The van der Waals surface area contributed by atoms with Crippen molar-refractivity contribution in [2.45, 2.75) is 33.2 Å². The van der Waals surface area contributed by atoms with Gasteiger partial charge in [-0.25, -0.2) is 0 Å². The summed E-state index contributed by atoms with van der Waals surface area (Å²) in [5, 5.41) is 9.01. The number of carbonyl (C=O) groups is 1. The SMILES string of the molecule is CN(CCN)[C@H](C1CC1C(=O)O)C(C)(C)C. The zero-order chi connectivity index (χ0) is 12.5. The van der Waals surface area contributed by atoms with Crippen LogP contribution >= 0.6 is 0 Å². The number of hydrogen-bond acceptors (Lipinski definition) is 3. The van der Waals surface area contributed by atoms with Crippen LogP contribution in [-0.4, -0.2) is 42.2 Å². The topological polar surface area (TPSA) is 66.6 Å². The Balaban J connectivity index is 2.71. The molecule has 0 aliphatic heterocycles. The van der Waals surface area contributed by atoms with Crippen LogP contribution in [0.25, 0.3) is 0 Å². The van der Waals surface area contributed by atoms with E-state index in [-0.39, 0.29) is 17.3 Å². The molecule has 0 aromatic carbocycles. The van der Waals surface area contributed by atoms with Gasteiger partial charge < -0.3 is 15.7 Å². The summed E-state index contributed by atoms with van der Waals surface area (Å²) in [5.41, 5.74) is 5.66. The van der Waals surface area contributed by atoms with Gasteiger partial charge in [-0.1, -0.05) is 20.8 Å². The Kier molecular flexibility index (Phi) is 3.97. The van der Waals surface area contributed by atoms with Gasteiger partial charge in [0.15, 0.2) is 0 Å². The fraction of sp³-hybridized carbons (Fsp3) is 0.917. The fourth-order valence-electron chi connectivity index (χ4n) is 2.82. The average Bonchev–Trinajstić information content (AvgIpc) is 2.81. The maximum atomic E-state index is 10.9. The third kappa shape index (κ3) is 2.95. The molecular weight excluding hydrogens is 204 g/mol. The summed E-state index contributed by atoms with van der Waals surface area (Å²) in [7, 11) is 2.04. The quantitative estimate of drug-likeness (QED) is 0.737. The summed E-state index contributed by atoms with van der Waals surface area (Å²) in [6.07, 6.45) is 0.812. The molecule has 94 valence electrons. The predicted molar refractivity (Wildman–Crippen MR) is 64.2 cm³/mol. The number of aliphatic carboxylic acids is 1. The molecule has 4 nitrogen and oxygen atoms in total. The Labute approximate surface area is 97.8 Å². The van der Waals surface area contributed by atoms with Crippen LogP contribution in [0.2, 0.25) is 0 Å². The molecule has 1 rings (SSSR count). The second-order valence-electron chi connectivity index (χ2n) is 5.92. The molecule has 0 amide bonds. The monoisotopic (exact) mass is 228 g/mol. The molecular formula is C12H24N2O2. The van der Waals surface area contributed by atoms with Crippen molar-refractivity contribution in [3.05, 3.63) is 0 Å². The Hall–Kier alpha value is -0.610. The van der Waals surface area contributed by atoms with Crippen molar-refractivity contribution in [3.8, 4) is 0 Å². The van der Waals surface area contributed by atoms with E-state index in [0.717, 1.165) is 13.0 Å². The summed E-state index contributed by atoms with van der Waals surface area (Å²) in [4.78, 5) is 13.2. The third-order valence-electron chi connectivity index (χ3n) is 3.41. The zero-order valence-electron chi connectivity index (χ0n) is 10.7. The van der Waals surface area contributed by atoms with E-state index in [0.29, 0.717) is 12.6 Å². The number of carboxylic acid groups (broad SMARTS) is 1. The second-order valence-corrected chi connectivity index (χ2v) is 5.92. The predicted octanol–water partition coefficient (Wildman–Crippen LogP) is 1.01. The molecule has 0 aromatic rings. The van der Waals surface area contributed by atoms with E-state index in [1.165, 1.54) is 0 Å². The van der Waals surface area contributed by atoms with Crippen molar-refractivity contribution in [2.24, 2.45) is 23.0 Å². The Morgan fingerprint density at radius 1 is 1.56 bits per heavy atom. The second kappa shape index (κ2) is 4.72. The van der Waals surface area contributed by atoms with Crippen LogP contribution < -0.4 is 5.73 Å². The first-order valence-corrected chi connectivity index (χ1v) is 5.92. The number of rotatable bonds is 5. The third-order valence-corrected chi connectivity index (χ3v) is 3.41. The molecule has 3 atom stereocenters. The number of hydrogen-bond donors (Lipinski definition) is 2. The van der Waals surface area contributed by atoms with Gasteiger partial charge in [0.05, 0.1) is 5.92 Å². The first-order chi connectivity index (χ1) is 7.29. The van der Waals surface area contributed by atoms with Gasteiger partial charge in [-0.2, -0.15) is 0 Å². The van der Waals surface area contributed by atoms with E-state index in [1.807, 2.05) is 7.05 Å². The summed E-state index contributed by atoms with van der Waals surface area (Å²) in [6, 6.07) is 0.303. The zero-order valence-corrected chi connectivity index (χ0v) is 10.7. The summed E-state index contributed by atoms with van der Waals surface area (Å²) in [6.45, 7) is 7.95. The summed E-state index contributed by atoms with van der Waals surface area (Å²) in [5.74, 6) is -0.515. The number of nitrogens with two attached hydrogens (primary N) is 1. The van der Waals surface area contributed by atoms with Crippen LogP contribution in [0.4, 0.5) is 0 Å². The van der Waals surface area contributed by atoms with Gasteiger partial charge in [-0.3, -0.25) is 4.79 Å². The highest BCUT2D eigenvalue weighted by atomic mass is 16.4. The highest BCUT2D eigenvalue weighted by Gasteiger charge is 2.52. The van der Waals surface area contributed by atoms with Crippen LogP contribution in [-0.2, 0) is 4.79 Å². The van der Waals surface area contributed by atoms with E-state index < -0.39 is 5.97 Å². The smallest absolute Gasteiger partial charge is 0.306 e. The van der Waals surface area contributed by atoms with Gasteiger partial charge >= 0.3 is 5.97 Å². The minimum atomic E-state index is -0.652. The van der Waals surface area contributed by atoms with Gasteiger partial charge in [0.25, 0.3) is 0 Å². The lowest BCUT2D eigenvalue weighted by Crippen LogP contribution is -2.46. The Bertz CT molecular complexity index is 260. The highest BCUT2D eigenvalue weighted by Crippen LogP contribution is 2.48. The maximum Gasteiger partial charge on any atom is 0.306 e. The van der Waals surface area contributed by atoms with Crippen LogP contribution in [0.3, 0.4) is 0 Å². The van der Waals surface area contributed by atoms with Crippen molar-refractivity contribution in [1.82, 2.24) is 4.90 Å². The largest absolute Gasteiger partial charge is 0.481 e. The lowest BCUT2D eigenvalue weighted by molar-refractivity contribution is -0.139. The molecule has 0 aromatic heterocycles. The molecule has 0 saturated heterocycles. The lowest BCUT2D eigenvalue weighted by atomic mass is 9.82. The van der Waals surface area contributed by atoms with Crippen molar-refractivity contribution >= 4 is 5.97 Å². The summed E-state index contributed by atoms with van der Waals surface area (Å²) >= 11 is 0. The molecule has 1 fully saturated rings. The molecule has 3 N–H and O–H groups in total. The minimum Gasteiger partial charge on any atom is -0.481 e. The standard InChI is InChI=1S/C12H24N2O2/c1-12(2,3)10(14(4)6-5-13)8-7-9(8)11(15)16/h8-10H,5-7,13H2,1-4H3,(H,15,16)/t8?,9?,10-/m1/s1. The van der Waals surface area contributed by atoms with Gasteiger partial charge in [0.2, 0.25) is 0 Å². The molecule has 0 radical (unpaired) electrons. The molecule has 2 unspecified atom stereocenters. The molecule has 1 saturated carbocycles.